The van der Waals surface area contributed by atoms with Gasteiger partial charge in [0.2, 0.25) is 11.8 Å². The number of hydrogen-bond acceptors (Lipinski definition) is 8. The van der Waals surface area contributed by atoms with Crippen molar-refractivity contribution in [1.82, 2.24) is 4.98 Å². The van der Waals surface area contributed by atoms with E-state index in [0.717, 1.165) is 0 Å². The molecular formula is C23H23N3O5S2. The second-order valence-corrected chi connectivity index (χ2v) is 8.78. The lowest BCUT2D eigenvalue weighted by molar-refractivity contribution is -0.116. The first-order valence-electron chi connectivity index (χ1n) is 10.0. The highest BCUT2D eigenvalue weighted by molar-refractivity contribution is 8.01. The number of carbonyl (C=O) groups excluding carboxylic acids is 3. The van der Waals surface area contributed by atoms with Gasteiger partial charge in [-0.15, -0.1) is 11.3 Å². The molecule has 1 heterocycles. The van der Waals surface area contributed by atoms with E-state index in [1.54, 1.807) is 67.9 Å². The molecule has 0 saturated carbocycles. The number of hydrogen-bond donors (Lipinski definition) is 2. The Kier molecular flexibility index (Phi) is 8.85. The normalized spacial score (nSPS) is 10.4. The molecule has 0 fully saturated rings. The fourth-order valence-corrected chi connectivity index (χ4v) is 4.38. The van der Waals surface area contributed by atoms with Crippen molar-refractivity contribution in [3.63, 3.8) is 0 Å². The number of rotatable bonds is 10. The molecule has 0 bridgehead atoms. The molecule has 3 aromatic rings. The average molecular weight is 486 g/mol. The van der Waals surface area contributed by atoms with Crippen LogP contribution in [0.4, 0.5) is 11.4 Å². The molecule has 0 atom stereocenters. The van der Waals surface area contributed by atoms with Crippen LogP contribution in [0.1, 0.15) is 23.0 Å². The van der Waals surface area contributed by atoms with Gasteiger partial charge in [-0.1, -0.05) is 17.8 Å². The Morgan fingerprint density at radius 3 is 2.52 bits per heavy atom. The van der Waals surface area contributed by atoms with Gasteiger partial charge in [-0.2, -0.15) is 0 Å². The van der Waals surface area contributed by atoms with Crippen molar-refractivity contribution in [2.24, 2.45) is 0 Å². The molecule has 172 valence electrons. The van der Waals surface area contributed by atoms with E-state index in [1.807, 2.05) is 0 Å². The number of thioether (sulfide) groups is 1. The van der Waals surface area contributed by atoms with Gasteiger partial charge >= 0.3 is 5.97 Å². The number of benzene rings is 2. The minimum Gasteiger partial charge on any atom is -0.497 e. The summed E-state index contributed by atoms with van der Waals surface area (Å²) in [4.78, 5) is 40.6. The lowest BCUT2D eigenvalue weighted by Crippen LogP contribution is -2.15. The Labute approximate surface area is 199 Å². The fraction of sp³-hybridized carbons (Fsp3) is 0.217. The van der Waals surface area contributed by atoms with Crippen molar-refractivity contribution in [2.75, 3.05) is 30.1 Å². The third-order valence-electron chi connectivity index (χ3n) is 4.23. The predicted octanol–water partition coefficient (Wildman–Crippen LogP) is 4.24. The van der Waals surface area contributed by atoms with Crippen LogP contribution in [0.15, 0.2) is 58.3 Å². The average Bonchev–Trinajstić information content (AvgIpc) is 3.25. The van der Waals surface area contributed by atoms with E-state index in [9.17, 15) is 14.4 Å². The molecule has 2 aromatic carbocycles. The molecule has 0 unspecified atom stereocenters. The van der Waals surface area contributed by atoms with Crippen LogP contribution in [0.25, 0.3) is 0 Å². The van der Waals surface area contributed by atoms with Crippen LogP contribution in [0, 0.1) is 0 Å². The molecule has 0 spiro atoms. The van der Waals surface area contributed by atoms with Gasteiger partial charge in [0.15, 0.2) is 4.34 Å². The number of nitrogens with one attached hydrogen (secondary N) is 2. The number of ether oxygens (including phenoxy) is 2. The Morgan fingerprint density at radius 2 is 1.79 bits per heavy atom. The molecule has 2 N–H and O–H groups in total. The maximum Gasteiger partial charge on any atom is 0.338 e. The molecule has 0 aliphatic rings. The number of nitrogens with zero attached hydrogens (tertiary/aromatic N) is 1. The number of aromatic nitrogens is 1. The molecule has 0 saturated heterocycles. The van der Waals surface area contributed by atoms with E-state index < -0.39 is 5.97 Å². The number of carbonyl (C=O) groups is 3. The largest absolute Gasteiger partial charge is 0.497 e. The van der Waals surface area contributed by atoms with Crippen LogP contribution in [-0.4, -0.2) is 42.2 Å². The first-order valence-corrected chi connectivity index (χ1v) is 11.9. The van der Waals surface area contributed by atoms with Crippen LogP contribution in [0.2, 0.25) is 0 Å². The second-order valence-electron chi connectivity index (χ2n) is 6.70. The van der Waals surface area contributed by atoms with Crippen LogP contribution < -0.4 is 15.4 Å². The molecular weight excluding hydrogens is 462 g/mol. The summed E-state index contributed by atoms with van der Waals surface area (Å²) in [6.45, 7) is 2.05. The van der Waals surface area contributed by atoms with Crippen molar-refractivity contribution in [2.45, 2.75) is 17.7 Å². The SMILES string of the molecule is CCOC(=O)c1ccc(NC(=O)Cc2csc(SCC(=O)Nc3cccc(OC)c3)n2)cc1. The van der Waals surface area contributed by atoms with Crippen LogP contribution in [0.3, 0.4) is 0 Å². The third kappa shape index (κ3) is 7.62. The van der Waals surface area contributed by atoms with Crippen LogP contribution in [-0.2, 0) is 20.7 Å². The lowest BCUT2D eigenvalue weighted by Gasteiger charge is -2.06. The monoisotopic (exact) mass is 485 g/mol. The summed E-state index contributed by atoms with van der Waals surface area (Å²) < 4.78 is 10.8. The highest BCUT2D eigenvalue weighted by atomic mass is 32.2. The van der Waals surface area contributed by atoms with Crippen LogP contribution >= 0.6 is 23.1 Å². The minimum absolute atomic E-state index is 0.104. The zero-order valence-corrected chi connectivity index (χ0v) is 19.8. The number of thiazole rings is 1. The number of methoxy groups -OCH3 is 1. The highest BCUT2D eigenvalue weighted by Crippen LogP contribution is 2.24. The van der Waals surface area contributed by atoms with Gasteiger partial charge in [0.05, 0.1) is 37.1 Å². The van der Waals surface area contributed by atoms with Crippen LogP contribution in [0.5, 0.6) is 5.75 Å². The predicted molar refractivity (Wildman–Crippen MR) is 129 cm³/mol. The molecule has 33 heavy (non-hydrogen) atoms. The van der Waals surface area contributed by atoms with Gasteiger partial charge < -0.3 is 20.1 Å². The maximum absolute atomic E-state index is 12.3. The van der Waals surface area contributed by atoms with E-state index in [0.29, 0.717) is 39.3 Å². The third-order valence-corrected chi connectivity index (χ3v) is 6.30. The Balaban J connectivity index is 1.45. The van der Waals surface area contributed by atoms with Crippen molar-refractivity contribution in [1.29, 1.82) is 0 Å². The molecule has 8 nitrogen and oxygen atoms in total. The van der Waals surface area contributed by atoms with Gasteiger partial charge in [-0.05, 0) is 43.3 Å². The quantitative estimate of drug-likeness (QED) is 0.327. The fourth-order valence-electron chi connectivity index (χ4n) is 2.73. The Hall–Kier alpha value is -3.37. The summed E-state index contributed by atoms with van der Waals surface area (Å²) in [5, 5.41) is 7.39. The summed E-state index contributed by atoms with van der Waals surface area (Å²) in [6.07, 6.45) is 0.104. The Bertz CT molecular complexity index is 1120. The highest BCUT2D eigenvalue weighted by Gasteiger charge is 2.12. The first-order chi connectivity index (χ1) is 16.0. The van der Waals surface area contributed by atoms with E-state index in [1.165, 1.54) is 23.1 Å². The summed E-state index contributed by atoms with van der Waals surface area (Å²) in [5.74, 6) is 0.0761. The second kappa shape index (κ2) is 12.0. The summed E-state index contributed by atoms with van der Waals surface area (Å²) >= 11 is 2.69. The summed E-state index contributed by atoms with van der Waals surface area (Å²) in [5.41, 5.74) is 2.28. The van der Waals surface area contributed by atoms with E-state index in [4.69, 9.17) is 9.47 Å². The topological polar surface area (TPSA) is 107 Å². The van der Waals surface area contributed by atoms with Gasteiger partial charge in [0, 0.05) is 22.8 Å². The van der Waals surface area contributed by atoms with Gasteiger partial charge in [0.1, 0.15) is 5.75 Å². The van der Waals surface area contributed by atoms with E-state index in [-0.39, 0.29) is 24.0 Å². The number of amides is 2. The first kappa shape index (κ1) is 24.3. The minimum atomic E-state index is -0.403. The number of anilines is 2. The zero-order valence-electron chi connectivity index (χ0n) is 18.1. The molecule has 10 heteroatoms. The van der Waals surface area contributed by atoms with Gasteiger partial charge in [0.25, 0.3) is 0 Å². The molecule has 0 aliphatic carbocycles. The van der Waals surface area contributed by atoms with Crippen molar-refractivity contribution in [3.05, 3.63) is 65.2 Å². The molecule has 1 aromatic heterocycles. The van der Waals surface area contributed by atoms with Gasteiger partial charge in [-0.3, -0.25) is 9.59 Å². The van der Waals surface area contributed by atoms with E-state index in [2.05, 4.69) is 15.6 Å². The van der Waals surface area contributed by atoms with Gasteiger partial charge in [-0.25, -0.2) is 9.78 Å². The molecule has 0 aliphatic heterocycles. The standard InChI is InChI=1S/C23H23N3O5S2/c1-3-31-22(29)15-7-9-16(10-8-15)24-20(27)12-18-13-32-23(26-18)33-14-21(28)25-17-5-4-6-19(11-17)30-2/h4-11,13H,3,12,14H2,1-2H3,(H,24,27)(H,25,28). The van der Waals surface area contributed by atoms with Crippen molar-refractivity contribution < 1.29 is 23.9 Å². The molecule has 2 amide bonds. The summed E-state index contributed by atoms with van der Waals surface area (Å²) in [7, 11) is 1.57. The maximum atomic E-state index is 12.3. The molecule has 3 rings (SSSR count). The lowest BCUT2D eigenvalue weighted by atomic mass is 10.2. The molecule has 0 radical (unpaired) electrons. The smallest absolute Gasteiger partial charge is 0.338 e. The zero-order chi connectivity index (χ0) is 23.6. The van der Waals surface area contributed by atoms with E-state index >= 15 is 0 Å². The summed E-state index contributed by atoms with van der Waals surface area (Å²) in [6, 6.07) is 13.6. The Morgan fingerprint density at radius 1 is 1.03 bits per heavy atom. The van der Waals surface area contributed by atoms with Crippen molar-refractivity contribution in [3.8, 4) is 5.75 Å². The van der Waals surface area contributed by atoms with Crippen molar-refractivity contribution >= 4 is 52.3 Å². The number of esters is 1.